The number of methoxy groups -OCH3 is 1. The van der Waals surface area contributed by atoms with Gasteiger partial charge in [0.25, 0.3) is 11.1 Å². The number of amides is 2. The van der Waals surface area contributed by atoms with E-state index in [-0.39, 0.29) is 17.8 Å². The van der Waals surface area contributed by atoms with Gasteiger partial charge >= 0.3 is 5.97 Å². The van der Waals surface area contributed by atoms with Gasteiger partial charge in [-0.15, -0.1) is 0 Å². The van der Waals surface area contributed by atoms with Gasteiger partial charge in [-0.3, -0.25) is 14.5 Å². The number of thioether (sulfide) groups is 1. The van der Waals surface area contributed by atoms with Gasteiger partial charge in [-0.2, -0.15) is 0 Å². The van der Waals surface area contributed by atoms with E-state index >= 15 is 0 Å². The fraction of sp³-hybridized carbons (Fsp3) is 0.500. The Labute approximate surface area is 194 Å². The molecule has 0 radical (unpaired) electrons. The van der Waals surface area contributed by atoms with Crippen molar-refractivity contribution in [3.05, 3.63) is 27.1 Å². The molecule has 1 aromatic carbocycles. The number of hydrogen-bond donors (Lipinski definition) is 0. The summed E-state index contributed by atoms with van der Waals surface area (Å²) in [4.78, 5) is 38.5. The van der Waals surface area contributed by atoms with Gasteiger partial charge in [0.15, 0.2) is 18.1 Å². The molecule has 2 amide bonds. The van der Waals surface area contributed by atoms with Crippen LogP contribution >= 0.6 is 27.7 Å². The van der Waals surface area contributed by atoms with Gasteiger partial charge in [-0.25, -0.2) is 4.79 Å². The summed E-state index contributed by atoms with van der Waals surface area (Å²) in [5.41, 5.74) is 0.678. The highest BCUT2D eigenvalue weighted by atomic mass is 79.9. The maximum absolute atomic E-state index is 12.9. The quantitative estimate of drug-likeness (QED) is 0.358. The van der Waals surface area contributed by atoms with Crippen LogP contribution < -0.4 is 9.47 Å². The lowest BCUT2D eigenvalue weighted by Crippen LogP contribution is -2.34. The van der Waals surface area contributed by atoms with Crippen LogP contribution in [0.3, 0.4) is 0 Å². The number of esters is 1. The lowest BCUT2D eigenvalue weighted by atomic mass is 9.89. The molecular weight excluding hydrogens is 486 g/mol. The van der Waals surface area contributed by atoms with E-state index in [1.54, 1.807) is 18.2 Å². The standard InChI is InChI=1S/C22H26BrNO6S/c1-3-29-17-9-15(16(23)11-18(17)30-13-20(25)28-2)10-19-21(26)24(22(27)31-19)12-14-7-5-4-6-8-14/h9-11,14H,3-8,12-13H2,1-2H3/b19-10+. The molecule has 2 aliphatic rings. The largest absolute Gasteiger partial charge is 0.490 e. The minimum atomic E-state index is -0.505. The van der Waals surface area contributed by atoms with E-state index in [1.165, 1.54) is 18.4 Å². The molecule has 1 heterocycles. The average molecular weight is 512 g/mol. The molecule has 31 heavy (non-hydrogen) atoms. The van der Waals surface area contributed by atoms with Gasteiger partial charge in [0.05, 0.1) is 18.6 Å². The van der Waals surface area contributed by atoms with Gasteiger partial charge in [0.2, 0.25) is 0 Å². The van der Waals surface area contributed by atoms with Gasteiger partial charge in [-0.05, 0) is 61.2 Å². The van der Waals surface area contributed by atoms with Crippen molar-refractivity contribution in [3.63, 3.8) is 0 Å². The molecule has 1 aliphatic carbocycles. The molecule has 7 nitrogen and oxygen atoms in total. The summed E-state index contributed by atoms with van der Waals surface area (Å²) in [6.45, 7) is 2.48. The Hall–Kier alpha value is -2.00. The summed E-state index contributed by atoms with van der Waals surface area (Å²) in [5, 5.41) is -0.221. The zero-order valence-electron chi connectivity index (χ0n) is 17.6. The lowest BCUT2D eigenvalue weighted by molar-refractivity contribution is -0.143. The number of halogens is 1. The van der Waals surface area contributed by atoms with Crippen LogP contribution in [-0.4, -0.2) is 48.9 Å². The van der Waals surface area contributed by atoms with Crippen molar-refractivity contribution in [2.24, 2.45) is 5.92 Å². The third-order valence-corrected chi connectivity index (χ3v) is 6.86. The first-order valence-corrected chi connectivity index (χ1v) is 11.9. The van der Waals surface area contributed by atoms with Crippen LogP contribution in [0.1, 0.15) is 44.6 Å². The first-order valence-electron chi connectivity index (χ1n) is 10.3. The van der Waals surface area contributed by atoms with E-state index in [0.29, 0.717) is 45.5 Å². The summed E-state index contributed by atoms with van der Waals surface area (Å²) in [6.07, 6.45) is 7.37. The van der Waals surface area contributed by atoms with Crippen molar-refractivity contribution in [2.45, 2.75) is 39.0 Å². The predicted molar refractivity (Wildman–Crippen MR) is 122 cm³/mol. The second kappa shape index (κ2) is 11.0. The Morgan fingerprint density at radius 3 is 2.58 bits per heavy atom. The average Bonchev–Trinajstić information content (AvgIpc) is 3.02. The maximum atomic E-state index is 12.9. The molecule has 0 N–H and O–H groups in total. The normalized spacial score (nSPS) is 18.5. The fourth-order valence-electron chi connectivity index (χ4n) is 3.66. The molecule has 0 spiro atoms. The Morgan fingerprint density at radius 1 is 1.19 bits per heavy atom. The Kier molecular flexibility index (Phi) is 8.43. The molecule has 1 aliphatic heterocycles. The van der Waals surface area contributed by atoms with Crippen molar-refractivity contribution in [1.29, 1.82) is 0 Å². The number of nitrogens with zero attached hydrogens (tertiary/aromatic N) is 1. The van der Waals surface area contributed by atoms with Gasteiger partial charge in [0, 0.05) is 11.0 Å². The van der Waals surface area contributed by atoms with Crippen LogP contribution in [0.2, 0.25) is 0 Å². The molecular formula is C22H26BrNO6S. The Morgan fingerprint density at radius 2 is 1.90 bits per heavy atom. The molecule has 9 heteroatoms. The van der Waals surface area contributed by atoms with E-state index in [2.05, 4.69) is 20.7 Å². The number of imide groups is 1. The number of benzene rings is 1. The van der Waals surface area contributed by atoms with Crippen molar-refractivity contribution < 1.29 is 28.6 Å². The monoisotopic (exact) mass is 511 g/mol. The molecule has 0 atom stereocenters. The maximum Gasteiger partial charge on any atom is 0.343 e. The van der Waals surface area contributed by atoms with E-state index in [9.17, 15) is 14.4 Å². The van der Waals surface area contributed by atoms with Crippen molar-refractivity contribution in [2.75, 3.05) is 26.9 Å². The first kappa shape index (κ1) is 23.7. The van der Waals surface area contributed by atoms with E-state index in [1.807, 2.05) is 6.92 Å². The molecule has 168 valence electrons. The number of ether oxygens (including phenoxy) is 3. The third kappa shape index (κ3) is 6.04. The van der Waals surface area contributed by atoms with Crippen LogP contribution in [0.5, 0.6) is 11.5 Å². The van der Waals surface area contributed by atoms with E-state index < -0.39 is 5.97 Å². The predicted octanol–water partition coefficient (Wildman–Crippen LogP) is 5.02. The summed E-state index contributed by atoms with van der Waals surface area (Å²) < 4.78 is 16.4. The topological polar surface area (TPSA) is 82.1 Å². The Balaban J connectivity index is 1.79. The van der Waals surface area contributed by atoms with E-state index in [0.717, 1.165) is 37.4 Å². The highest BCUT2D eigenvalue weighted by Crippen LogP contribution is 2.39. The fourth-order valence-corrected chi connectivity index (χ4v) is 4.94. The summed E-state index contributed by atoms with van der Waals surface area (Å²) in [5.74, 6) is 0.443. The number of hydrogen-bond acceptors (Lipinski definition) is 7. The molecule has 0 aromatic heterocycles. The van der Waals surface area contributed by atoms with Crippen molar-refractivity contribution in [3.8, 4) is 11.5 Å². The molecule has 1 saturated carbocycles. The summed E-state index contributed by atoms with van der Waals surface area (Å²) in [6, 6.07) is 3.39. The molecule has 0 unspecified atom stereocenters. The number of carbonyl (C=O) groups excluding carboxylic acids is 3. The molecule has 1 saturated heterocycles. The zero-order valence-corrected chi connectivity index (χ0v) is 20.1. The number of rotatable bonds is 8. The minimum Gasteiger partial charge on any atom is -0.490 e. The highest BCUT2D eigenvalue weighted by Gasteiger charge is 2.36. The first-order chi connectivity index (χ1) is 14.9. The van der Waals surface area contributed by atoms with E-state index in [4.69, 9.17) is 9.47 Å². The lowest BCUT2D eigenvalue weighted by Gasteiger charge is -2.25. The third-order valence-electron chi connectivity index (χ3n) is 5.26. The van der Waals surface area contributed by atoms with Gasteiger partial charge in [0.1, 0.15) is 0 Å². The molecule has 2 fully saturated rings. The SMILES string of the molecule is CCOc1cc(/C=C2/SC(=O)N(CC3CCCCC3)C2=O)c(Br)cc1OCC(=O)OC. The molecule has 3 rings (SSSR count). The second-order valence-electron chi connectivity index (χ2n) is 7.41. The second-order valence-corrected chi connectivity index (χ2v) is 9.26. The van der Waals surface area contributed by atoms with Crippen LogP contribution in [-0.2, 0) is 14.3 Å². The highest BCUT2D eigenvalue weighted by molar-refractivity contribution is 9.10. The smallest absolute Gasteiger partial charge is 0.343 e. The zero-order chi connectivity index (χ0) is 22.4. The van der Waals surface area contributed by atoms with Gasteiger partial charge < -0.3 is 14.2 Å². The van der Waals surface area contributed by atoms with Crippen molar-refractivity contribution >= 4 is 50.9 Å². The van der Waals surface area contributed by atoms with Crippen LogP contribution in [0, 0.1) is 5.92 Å². The minimum absolute atomic E-state index is 0.221. The van der Waals surface area contributed by atoms with Crippen molar-refractivity contribution in [1.82, 2.24) is 4.90 Å². The molecule has 1 aromatic rings. The Bertz CT molecular complexity index is 881. The number of carbonyl (C=O) groups is 3. The van der Waals surface area contributed by atoms with Crippen LogP contribution in [0.4, 0.5) is 4.79 Å². The molecule has 0 bridgehead atoms. The summed E-state index contributed by atoms with van der Waals surface area (Å²) in [7, 11) is 1.29. The van der Waals surface area contributed by atoms with Crippen LogP contribution in [0.15, 0.2) is 21.5 Å². The van der Waals surface area contributed by atoms with Crippen LogP contribution in [0.25, 0.3) is 6.08 Å². The van der Waals surface area contributed by atoms with Gasteiger partial charge in [-0.1, -0.05) is 35.2 Å². The summed E-state index contributed by atoms with van der Waals surface area (Å²) >= 11 is 4.44.